The standard InChI is InChI=1S/C12H14N2/c1-2-6-10-11(7-3-1)14-9-5-4-8-12(14)13-10/h4-5,8-9H,1-3,6-7H2. The molecular formula is C12H14N2. The van der Waals surface area contributed by atoms with Crippen LogP contribution in [0.1, 0.15) is 30.7 Å². The van der Waals surface area contributed by atoms with Gasteiger partial charge in [0, 0.05) is 11.9 Å². The summed E-state index contributed by atoms with van der Waals surface area (Å²) in [5.74, 6) is 0. The van der Waals surface area contributed by atoms with Crippen molar-refractivity contribution in [3.63, 3.8) is 0 Å². The van der Waals surface area contributed by atoms with Crippen molar-refractivity contribution in [2.24, 2.45) is 0 Å². The molecule has 0 saturated carbocycles. The van der Waals surface area contributed by atoms with Gasteiger partial charge in [-0.2, -0.15) is 0 Å². The summed E-state index contributed by atoms with van der Waals surface area (Å²) in [6.45, 7) is 0. The third kappa shape index (κ3) is 1.14. The predicted octanol–water partition coefficient (Wildman–Crippen LogP) is 2.60. The SMILES string of the molecule is c1ccn2c3c(nc2c1)CCCCC3. The van der Waals surface area contributed by atoms with E-state index in [0.29, 0.717) is 0 Å². The van der Waals surface area contributed by atoms with Crippen LogP contribution in [-0.2, 0) is 12.8 Å². The van der Waals surface area contributed by atoms with Crippen LogP contribution in [0.5, 0.6) is 0 Å². The summed E-state index contributed by atoms with van der Waals surface area (Å²) in [6.07, 6.45) is 8.46. The third-order valence-corrected chi connectivity index (χ3v) is 3.04. The zero-order chi connectivity index (χ0) is 9.38. The van der Waals surface area contributed by atoms with Gasteiger partial charge in [-0.05, 0) is 37.8 Å². The van der Waals surface area contributed by atoms with Crippen molar-refractivity contribution < 1.29 is 0 Å². The van der Waals surface area contributed by atoms with E-state index in [1.807, 2.05) is 0 Å². The Morgan fingerprint density at radius 2 is 2.00 bits per heavy atom. The molecule has 1 aliphatic carbocycles. The fourth-order valence-corrected chi connectivity index (χ4v) is 2.32. The van der Waals surface area contributed by atoms with Crippen molar-refractivity contribution in [3.8, 4) is 0 Å². The molecule has 0 unspecified atom stereocenters. The lowest BCUT2D eigenvalue weighted by Crippen LogP contribution is -1.93. The number of nitrogens with zero attached hydrogens (tertiary/aromatic N) is 2. The Labute approximate surface area is 83.6 Å². The molecule has 0 bridgehead atoms. The first-order valence-corrected chi connectivity index (χ1v) is 5.40. The van der Waals surface area contributed by atoms with Crippen LogP contribution in [0.2, 0.25) is 0 Å². The van der Waals surface area contributed by atoms with Crippen LogP contribution in [-0.4, -0.2) is 9.38 Å². The highest BCUT2D eigenvalue weighted by Gasteiger charge is 2.13. The van der Waals surface area contributed by atoms with E-state index in [2.05, 4.69) is 33.8 Å². The smallest absolute Gasteiger partial charge is 0.137 e. The van der Waals surface area contributed by atoms with Crippen LogP contribution in [0.25, 0.3) is 5.65 Å². The van der Waals surface area contributed by atoms with Gasteiger partial charge >= 0.3 is 0 Å². The first-order valence-electron chi connectivity index (χ1n) is 5.40. The molecule has 14 heavy (non-hydrogen) atoms. The zero-order valence-corrected chi connectivity index (χ0v) is 8.24. The van der Waals surface area contributed by atoms with Crippen molar-refractivity contribution in [1.82, 2.24) is 9.38 Å². The van der Waals surface area contributed by atoms with Gasteiger partial charge in [0.05, 0.1) is 5.69 Å². The topological polar surface area (TPSA) is 17.3 Å². The van der Waals surface area contributed by atoms with Crippen LogP contribution in [0, 0.1) is 0 Å². The minimum Gasteiger partial charge on any atom is -0.304 e. The molecule has 0 N–H and O–H groups in total. The lowest BCUT2D eigenvalue weighted by Gasteiger charge is -1.99. The largest absolute Gasteiger partial charge is 0.304 e. The Kier molecular flexibility index (Phi) is 1.79. The second-order valence-corrected chi connectivity index (χ2v) is 3.99. The van der Waals surface area contributed by atoms with Crippen LogP contribution in [0.4, 0.5) is 0 Å². The molecule has 0 radical (unpaired) electrons. The normalized spacial score (nSPS) is 16.6. The highest BCUT2D eigenvalue weighted by molar-refractivity contribution is 5.43. The van der Waals surface area contributed by atoms with E-state index in [9.17, 15) is 0 Å². The Hall–Kier alpha value is -1.31. The lowest BCUT2D eigenvalue weighted by atomic mass is 10.2. The highest BCUT2D eigenvalue weighted by atomic mass is 15.0. The van der Waals surface area contributed by atoms with E-state index in [-0.39, 0.29) is 0 Å². The number of imidazole rings is 1. The van der Waals surface area contributed by atoms with E-state index in [1.165, 1.54) is 37.1 Å². The number of aromatic nitrogens is 2. The van der Waals surface area contributed by atoms with Crippen molar-refractivity contribution >= 4 is 5.65 Å². The lowest BCUT2D eigenvalue weighted by molar-refractivity contribution is 0.702. The van der Waals surface area contributed by atoms with E-state index < -0.39 is 0 Å². The summed E-state index contributed by atoms with van der Waals surface area (Å²) < 4.78 is 2.25. The maximum atomic E-state index is 4.68. The summed E-state index contributed by atoms with van der Waals surface area (Å²) >= 11 is 0. The first kappa shape index (κ1) is 8.04. The maximum Gasteiger partial charge on any atom is 0.137 e. The molecule has 0 spiro atoms. The molecule has 1 aliphatic rings. The second-order valence-electron chi connectivity index (χ2n) is 3.99. The average Bonchev–Trinajstić information content (AvgIpc) is 2.42. The molecule has 0 aromatic carbocycles. The molecule has 2 nitrogen and oxygen atoms in total. The molecule has 0 saturated heterocycles. The molecule has 2 heteroatoms. The molecule has 0 atom stereocenters. The average molecular weight is 186 g/mol. The third-order valence-electron chi connectivity index (χ3n) is 3.04. The van der Waals surface area contributed by atoms with Gasteiger partial charge in [0.25, 0.3) is 0 Å². The summed E-state index contributed by atoms with van der Waals surface area (Å²) in [5, 5.41) is 0. The second kappa shape index (κ2) is 3.12. The van der Waals surface area contributed by atoms with E-state index in [1.54, 1.807) is 0 Å². The number of fused-ring (bicyclic) bond motifs is 3. The van der Waals surface area contributed by atoms with Crippen LogP contribution in [0.15, 0.2) is 24.4 Å². The number of pyridine rings is 1. The molecule has 2 aromatic rings. The minimum atomic E-state index is 1.11. The molecule has 0 amide bonds. The summed E-state index contributed by atoms with van der Waals surface area (Å²) in [5.41, 5.74) is 3.88. The van der Waals surface area contributed by atoms with Crippen molar-refractivity contribution in [2.45, 2.75) is 32.1 Å². The molecule has 2 aromatic heterocycles. The van der Waals surface area contributed by atoms with Gasteiger partial charge in [-0.15, -0.1) is 0 Å². The quantitative estimate of drug-likeness (QED) is 0.578. The van der Waals surface area contributed by atoms with Gasteiger partial charge in [0.15, 0.2) is 0 Å². The van der Waals surface area contributed by atoms with Crippen molar-refractivity contribution in [1.29, 1.82) is 0 Å². The Morgan fingerprint density at radius 1 is 1.07 bits per heavy atom. The van der Waals surface area contributed by atoms with E-state index in [4.69, 9.17) is 0 Å². The number of aryl methyl sites for hydroxylation is 2. The zero-order valence-electron chi connectivity index (χ0n) is 8.24. The predicted molar refractivity (Wildman–Crippen MR) is 56.5 cm³/mol. The van der Waals surface area contributed by atoms with Crippen LogP contribution in [0.3, 0.4) is 0 Å². The fourth-order valence-electron chi connectivity index (χ4n) is 2.32. The van der Waals surface area contributed by atoms with Crippen molar-refractivity contribution in [2.75, 3.05) is 0 Å². The minimum absolute atomic E-state index is 1.11. The highest BCUT2D eigenvalue weighted by Crippen LogP contribution is 2.21. The molecule has 72 valence electrons. The number of hydrogen-bond donors (Lipinski definition) is 0. The maximum absolute atomic E-state index is 4.68. The number of rotatable bonds is 0. The van der Waals surface area contributed by atoms with Gasteiger partial charge in [-0.3, -0.25) is 0 Å². The van der Waals surface area contributed by atoms with Crippen LogP contribution >= 0.6 is 0 Å². The Morgan fingerprint density at radius 3 is 3.00 bits per heavy atom. The summed E-state index contributed by atoms with van der Waals surface area (Å²) in [7, 11) is 0. The van der Waals surface area contributed by atoms with E-state index >= 15 is 0 Å². The monoisotopic (exact) mass is 186 g/mol. The number of hydrogen-bond acceptors (Lipinski definition) is 1. The molecule has 2 heterocycles. The van der Waals surface area contributed by atoms with E-state index in [0.717, 1.165) is 12.1 Å². The summed E-state index contributed by atoms with van der Waals surface area (Å²) in [6, 6.07) is 6.23. The Balaban J connectivity index is 2.24. The fraction of sp³-hybridized carbons (Fsp3) is 0.417. The molecule has 3 rings (SSSR count). The summed E-state index contributed by atoms with van der Waals surface area (Å²) in [4.78, 5) is 4.68. The molecule has 0 aliphatic heterocycles. The van der Waals surface area contributed by atoms with Crippen LogP contribution < -0.4 is 0 Å². The van der Waals surface area contributed by atoms with Crippen molar-refractivity contribution in [3.05, 3.63) is 35.8 Å². The van der Waals surface area contributed by atoms with Gasteiger partial charge in [0.2, 0.25) is 0 Å². The van der Waals surface area contributed by atoms with Gasteiger partial charge < -0.3 is 4.40 Å². The molecule has 0 fully saturated rings. The first-order chi connectivity index (χ1) is 6.95. The molecular weight excluding hydrogens is 172 g/mol. The van der Waals surface area contributed by atoms with Gasteiger partial charge in [-0.1, -0.05) is 12.5 Å². The van der Waals surface area contributed by atoms with Gasteiger partial charge in [-0.25, -0.2) is 4.98 Å². The Bertz CT molecular complexity index is 456. The van der Waals surface area contributed by atoms with Gasteiger partial charge in [0.1, 0.15) is 5.65 Å².